The zero-order chi connectivity index (χ0) is 12.4. The van der Waals surface area contributed by atoms with Gasteiger partial charge in [0.15, 0.2) is 5.78 Å². The van der Waals surface area contributed by atoms with E-state index in [1.165, 1.54) is 12.3 Å². The topological polar surface area (TPSA) is 70.2 Å². The third-order valence-corrected chi connectivity index (χ3v) is 2.52. The lowest BCUT2D eigenvalue weighted by Gasteiger charge is -1.98. The highest BCUT2D eigenvalue weighted by molar-refractivity contribution is 6.08. The van der Waals surface area contributed by atoms with Gasteiger partial charge in [0.05, 0.1) is 6.42 Å². The molecule has 0 bridgehead atoms. The summed E-state index contributed by atoms with van der Waals surface area (Å²) >= 11 is 0. The third-order valence-electron chi connectivity index (χ3n) is 2.52. The maximum absolute atomic E-state index is 13.6. The minimum atomic E-state index is -1.04. The summed E-state index contributed by atoms with van der Waals surface area (Å²) in [7, 11) is 0. The standard InChI is InChI=1S/C12H10FNO3/c13-8-2-1-3-9-12(8)7(6-14-9)10(15)4-5-11(16)17/h1-3,6,14H,4-5H2,(H,16,17). The van der Waals surface area contributed by atoms with Gasteiger partial charge in [-0.1, -0.05) is 6.07 Å². The van der Waals surface area contributed by atoms with E-state index in [9.17, 15) is 14.0 Å². The van der Waals surface area contributed by atoms with Crippen LogP contribution in [-0.2, 0) is 4.79 Å². The Morgan fingerprint density at radius 3 is 2.76 bits per heavy atom. The molecule has 1 aromatic heterocycles. The van der Waals surface area contributed by atoms with Gasteiger partial charge >= 0.3 is 5.97 Å². The fraction of sp³-hybridized carbons (Fsp3) is 0.167. The third kappa shape index (κ3) is 2.18. The predicted molar refractivity (Wildman–Crippen MR) is 59.5 cm³/mol. The molecule has 2 rings (SSSR count). The van der Waals surface area contributed by atoms with Gasteiger partial charge < -0.3 is 10.1 Å². The van der Waals surface area contributed by atoms with Crippen LogP contribution < -0.4 is 0 Å². The molecule has 0 radical (unpaired) electrons. The second-order valence-electron chi connectivity index (χ2n) is 3.68. The second-order valence-corrected chi connectivity index (χ2v) is 3.68. The first-order chi connectivity index (χ1) is 8.09. The Morgan fingerprint density at radius 1 is 1.29 bits per heavy atom. The zero-order valence-corrected chi connectivity index (χ0v) is 8.87. The number of aromatic nitrogens is 1. The molecule has 0 atom stereocenters. The van der Waals surface area contributed by atoms with Crippen molar-refractivity contribution in [3.63, 3.8) is 0 Å². The molecule has 0 amide bonds. The summed E-state index contributed by atoms with van der Waals surface area (Å²) in [5.41, 5.74) is 0.739. The molecule has 0 aliphatic rings. The zero-order valence-electron chi connectivity index (χ0n) is 8.87. The first-order valence-electron chi connectivity index (χ1n) is 5.10. The number of ketones is 1. The Kier molecular flexibility index (Phi) is 2.91. The molecule has 5 heteroatoms. The number of Topliss-reactive ketones (excluding diaryl/α,β-unsaturated/α-hetero) is 1. The first kappa shape index (κ1) is 11.3. The summed E-state index contributed by atoms with van der Waals surface area (Å²) in [6, 6.07) is 4.47. The summed E-state index contributed by atoms with van der Waals surface area (Å²) in [5.74, 6) is -1.90. The maximum Gasteiger partial charge on any atom is 0.303 e. The molecule has 4 nitrogen and oxygen atoms in total. The number of H-pyrrole nitrogens is 1. The van der Waals surface area contributed by atoms with Crippen molar-refractivity contribution in [1.29, 1.82) is 0 Å². The van der Waals surface area contributed by atoms with Crippen molar-refractivity contribution < 1.29 is 19.1 Å². The van der Waals surface area contributed by atoms with E-state index in [0.29, 0.717) is 5.52 Å². The van der Waals surface area contributed by atoms with E-state index in [0.717, 1.165) is 0 Å². The molecule has 0 aliphatic carbocycles. The largest absolute Gasteiger partial charge is 0.481 e. The molecular weight excluding hydrogens is 225 g/mol. The predicted octanol–water partition coefficient (Wildman–Crippen LogP) is 2.35. The van der Waals surface area contributed by atoms with Crippen molar-refractivity contribution in [3.05, 3.63) is 35.8 Å². The van der Waals surface area contributed by atoms with Crippen LogP contribution in [0.3, 0.4) is 0 Å². The van der Waals surface area contributed by atoms with Crippen LogP contribution in [-0.4, -0.2) is 21.8 Å². The second kappa shape index (κ2) is 4.37. The molecule has 1 heterocycles. The van der Waals surface area contributed by atoms with Crippen LogP contribution in [0.25, 0.3) is 10.9 Å². The van der Waals surface area contributed by atoms with Crippen molar-refractivity contribution in [2.75, 3.05) is 0 Å². The van der Waals surface area contributed by atoms with Gasteiger partial charge in [-0.15, -0.1) is 0 Å². The van der Waals surface area contributed by atoms with E-state index in [-0.39, 0.29) is 29.6 Å². The van der Waals surface area contributed by atoms with E-state index < -0.39 is 11.8 Å². The number of hydrogen-bond acceptors (Lipinski definition) is 2. The average molecular weight is 235 g/mol. The number of fused-ring (bicyclic) bond motifs is 1. The highest BCUT2D eigenvalue weighted by Crippen LogP contribution is 2.22. The average Bonchev–Trinajstić information content (AvgIpc) is 2.71. The number of nitrogens with one attached hydrogen (secondary N) is 1. The van der Waals surface area contributed by atoms with Crippen LogP contribution in [0.2, 0.25) is 0 Å². The van der Waals surface area contributed by atoms with Crippen molar-refractivity contribution in [2.24, 2.45) is 0 Å². The summed E-state index contributed by atoms with van der Waals surface area (Å²) in [6.07, 6.45) is 1.04. The Balaban J connectivity index is 2.36. The van der Waals surface area contributed by atoms with Gasteiger partial charge in [0, 0.05) is 29.1 Å². The smallest absolute Gasteiger partial charge is 0.303 e. The molecular formula is C12H10FNO3. The Morgan fingerprint density at radius 2 is 2.06 bits per heavy atom. The molecule has 0 fully saturated rings. The minimum Gasteiger partial charge on any atom is -0.481 e. The van der Waals surface area contributed by atoms with Gasteiger partial charge in [0.25, 0.3) is 0 Å². The van der Waals surface area contributed by atoms with Crippen LogP contribution >= 0.6 is 0 Å². The lowest BCUT2D eigenvalue weighted by Crippen LogP contribution is -2.03. The normalized spacial score (nSPS) is 10.6. The first-order valence-corrected chi connectivity index (χ1v) is 5.10. The van der Waals surface area contributed by atoms with Crippen molar-refractivity contribution >= 4 is 22.7 Å². The molecule has 88 valence electrons. The van der Waals surface area contributed by atoms with E-state index >= 15 is 0 Å². The molecule has 17 heavy (non-hydrogen) atoms. The van der Waals surface area contributed by atoms with Gasteiger partial charge in [-0.2, -0.15) is 0 Å². The minimum absolute atomic E-state index is 0.128. The molecule has 0 saturated carbocycles. The van der Waals surface area contributed by atoms with Gasteiger partial charge in [-0.05, 0) is 12.1 Å². The Bertz CT molecular complexity index is 588. The van der Waals surface area contributed by atoms with Crippen LogP contribution in [0.1, 0.15) is 23.2 Å². The Hall–Kier alpha value is -2.17. The lowest BCUT2D eigenvalue weighted by atomic mass is 10.1. The fourth-order valence-electron chi connectivity index (χ4n) is 1.72. The maximum atomic E-state index is 13.6. The Labute approximate surface area is 96.1 Å². The molecule has 0 saturated heterocycles. The summed E-state index contributed by atoms with van der Waals surface area (Å²) in [6.45, 7) is 0. The summed E-state index contributed by atoms with van der Waals surface area (Å²) in [5, 5.41) is 8.72. The molecule has 1 aromatic carbocycles. The van der Waals surface area contributed by atoms with E-state index in [4.69, 9.17) is 5.11 Å². The van der Waals surface area contributed by atoms with Crippen molar-refractivity contribution in [2.45, 2.75) is 12.8 Å². The molecule has 0 spiro atoms. The quantitative estimate of drug-likeness (QED) is 0.799. The fourth-order valence-corrected chi connectivity index (χ4v) is 1.72. The number of benzene rings is 1. The van der Waals surface area contributed by atoms with Crippen LogP contribution in [0.4, 0.5) is 4.39 Å². The van der Waals surface area contributed by atoms with E-state index in [2.05, 4.69) is 4.98 Å². The molecule has 0 aliphatic heterocycles. The lowest BCUT2D eigenvalue weighted by molar-refractivity contribution is -0.136. The SMILES string of the molecule is O=C(O)CCC(=O)c1c[nH]c2cccc(F)c12. The van der Waals surface area contributed by atoms with Crippen molar-refractivity contribution in [3.8, 4) is 0 Å². The number of halogens is 1. The van der Waals surface area contributed by atoms with Gasteiger partial charge in [0.2, 0.25) is 0 Å². The number of hydrogen-bond donors (Lipinski definition) is 2. The van der Waals surface area contributed by atoms with E-state index in [1.54, 1.807) is 12.1 Å². The van der Waals surface area contributed by atoms with Crippen molar-refractivity contribution in [1.82, 2.24) is 4.98 Å². The van der Waals surface area contributed by atoms with Gasteiger partial charge in [0.1, 0.15) is 5.82 Å². The highest BCUT2D eigenvalue weighted by atomic mass is 19.1. The molecule has 0 unspecified atom stereocenters. The molecule has 2 N–H and O–H groups in total. The number of carboxylic acids is 1. The highest BCUT2D eigenvalue weighted by Gasteiger charge is 2.15. The number of carbonyl (C=O) groups excluding carboxylic acids is 1. The van der Waals surface area contributed by atoms with Crippen LogP contribution in [0.15, 0.2) is 24.4 Å². The van der Waals surface area contributed by atoms with Gasteiger partial charge in [-0.3, -0.25) is 9.59 Å². The van der Waals surface area contributed by atoms with Gasteiger partial charge in [-0.25, -0.2) is 4.39 Å². The monoisotopic (exact) mass is 235 g/mol. The summed E-state index contributed by atoms with van der Waals surface area (Å²) < 4.78 is 13.6. The number of carbonyl (C=O) groups is 2. The number of rotatable bonds is 4. The number of carboxylic acid groups (broad SMARTS) is 1. The van der Waals surface area contributed by atoms with Crippen LogP contribution in [0.5, 0.6) is 0 Å². The number of aliphatic carboxylic acids is 1. The summed E-state index contributed by atoms with van der Waals surface area (Å²) in [4.78, 5) is 24.9. The number of aromatic amines is 1. The van der Waals surface area contributed by atoms with Crippen LogP contribution in [0, 0.1) is 5.82 Å². The van der Waals surface area contributed by atoms with E-state index in [1.807, 2.05) is 0 Å². The molecule has 2 aromatic rings.